The van der Waals surface area contributed by atoms with Crippen LogP contribution in [-0.4, -0.2) is 5.11 Å². The number of phenolic OH excluding ortho intramolecular Hbond substituents is 1. The van der Waals surface area contributed by atoms with Crippen molar-refractivity contribution in [2.45, 2.75) is 19.5 Å². The monoisotopic (exact) mass is 339 g/mol. The summed E-state index contributed by atoms with van der Waals surface area (Å²) in [7, 11) is 0. The van der Waals surface area contributed by atoms with E-state index < -0.39 is 0 Å². The molecule has 1 atom stereocenters. The van der Waals surface area contributed by atoms with Crippen LogP contribution in [0.1, 0.15) is 24.1 Å². The van der Waals surface area contributed by atoms with Gasteiger partial charge in [-0.2, -0.15) is 0 Å². The topological polar surface area (TPSA) is 32.3 Å². The zero-order valence-corrected chi connectivity index (χ0v) is 12.9. The molecule has 0 aliphatic carbocycles. The molecule has 0 amide bonds. The van der Waals surface area contributed by atoms with Crippen molar-refractivity contribution in [2.75, 3.05) is 0 Å². The van der Waals surface area contributed by atoms with E-state index in [-0.39, 0.29) is 11.8 Å². The van der Waals surface area contributed by atoms with Crippen molar-refractivity contribution in [1.82, 2.24) is 5.32 Å². The lowest BCUT2D eigenvalue weighted by molar-refractivity contribution is 0.475. The van der Waals surface area contributed by atoms with E-state index >= 15 is 0 Å². The lowest BCUT2D eigenvalue weighted by Gasteiger charge is -2.14. The zero-order chi connectivity index (χ0) is 13.8. The summed E-state index contributed by atoms with van der Waals surface area (Å²) in [6.45, 7) is 2.82. The Kier molecular flexibility index (Phi) is 4.86. The Hall–Kier alpha value is -1.03. The summed E-state index contributed by atoms with van der Waals surface area (Å²) >= 11 is 9.31. The van der Waals surface area contributed by atoms with Gasteiger partial charge in [-0.05, 0) is 42.3 Å². The average Bonchev–Trinajstić information content (AvgIpc) is 2.40. The van der Waals surface area contributed by atoms with Crippen LogP contribution in [0.3, 0.4) is 0 Å². The fourth-order valence-electron chi connectivity index (χ4n) is 1.80. The van der Waals surface area contributed by atoms with Crippen molar-refractivity contribution in [3.63, 3.8) is 0 Å². The highest BCUT2D eigenvalue weighted by Crippen LogP contribution is 2.24. The average molecular weight is 341 g/mol. The summed E-state index contributed by atoms with van der Waals surface area (Å²) < 4.78 is 1.08. The highest BCUT2D eigenvalue weighted by Gasteiger charge is 2.05. The third-order valence-corrected chi connectivity index (χ3v) is 3.83. The predicted octanol–water partition coefficient (Wildman–Crippen LogP) is 4.66. The Morgan fingerprint density at radius 3 is 2.53 bits per heavy atom. The molecule has 2 aromatic rings. The summed E-state index contributed by atoms with van der Waals surface area (Å²) in [4.78, 5) is 0. The second-order valence-electron chi connectivity index (χ2n) is 4.44. The quantitative estimate of drug-likeness (QED) is 0.848. The molecule has 0 spiro atoms. The zero-order valence-electron chi connectivity index (χ0n) is 10.5. The summed E-state index contributed by atoms with van der Waals surface area (Å²) in [6, 6.07) is 13.7. The molecule has 2 nitrogen and oxygen atoms in total. The first-order chi connectivity index (χ1) is 9.06. The van der Waals surface area contributed by atoms with E-state index in [1.54, 1.807) is 12.1 Å². The second-order valence-corrected chi connectivity index (χ2v) is 5.76. The molecule has 2 rings (SSSR count). The molecular formula is C15H15BrClNO. The first-order valence-electron chi connectivity index (χ1n) is 6.02. The molecule has 0 saturated heterocycles. The van der Waals surface area contributed by atoms with Crippen LogP contribution in [0.5, 0.6) is 5.75 Å². The smallest absolute Gasteiger partial charge is 0.134 e. The van der Waals surface area contributed by atoms with Crippen molar-refractivity contribution in [3.05, 3.63) is 63.1 Å². The van der Waals surface area contributed by atoms with E-state index in [1.807, 2.05) is 18.2 Å². The van der Waals surface area contributed by atoms with Gasteiger partial charge in [0.1, 0.15) is 5.75 Å². The highest BCUT2D eigenvalue weighted by atomic mass is 79.9. The minimum absolute atomic E-state index is 0.117. The molecule has 0 aliphatic rings. The van der Waals surface area contributed by atoms with E-state index in [1.165, 1.54) is 5.56 Å². The van der Waals surface area contributed by atoms with Gasteiger partial charge in [0.2, 0.25) is 0 Å². The van der Waals surface area contributed by atoms with E-state index in [4.69, 9.17) is 11.6 Å². The molecule has 2 aromatic carbocycles. The number of phenols is 1. The summed E-state index contributed by atoms with van der Waals surface area (Å²) in [5, 5.41) is 13.2. The van der Waals surface area contributed by atoms with E-state index in [9.17, 15) is 5.11 Å². The van der Waals surface area contributed by atoms with Gasteiger partial charge in [0, 0.05) is 17.1 Å². The Bertz CT molecular complexity index is 557. The number of rotatable bonds is 4. The van der Waals surface area contributed by atoms with E-state index in [0.717, 1.165) is 10.0 Å². The second kappa shape index (κ2) is 6.42. The molecule has 0 unspecified atom stereocenters. The van der Waals surface area contributed by atoms with Gasteiger partial charge in [-0.3, -0.25) is 0 Å². The lowest BCUT2D eigenvalue weighted by Crippen LogP contribution is -2.17. The highest BCUT2D eigenvalue weighted by molar-refractivity contribution is 9.10. The van der Waals surface area contributed by atoms with Crippen molar-refractivity contribution in [2.24, 2.45) is 0 Å². The van der Waals surface area contributed by atoms with Crippen LogP contribution in [-0.2, 0) is 6.54 Å². The van der Waals surface area contributed by atoms with Gasteiger partial charge in [-0.25, -0.2) is 0 Å². The number of hydrogen-bond donors (Lipinski definition) is 2. The fraction of sp³-hybridized carbons (Fsp3) is 0.200. The van der Waals surface area contributed by atoms with E-state index in [2.05, 4.69) is 40.3 Å². The van der Waals surface area contributed by atoms with Crippen LogP contribution in [0, 0.1) is 0 Å². The maximum atomic E-state index is 9.37. The van der Waals surface area contributed by atoms with Crippen LogP contribution < -0.4 is 5.32 Å². The number of nitrogens with one attached hydrogen (secondary N) is 1. The van der Waals surface area contributed by atoms with Crippen LogP contribution in [0.25, 0.3) is 0 Å². The van der Waals surface area contributed by atoms with Crippen molar-refractivity contribution < 1.29 is 5.11 Å². The van der Waals surface area contributed by atoms with Gasteiger partial charge in [0.05, 0.1) is 5.02 Å². The SMILES string of the molecule is C[C@@H](NCc1ccc(O)c(Cl)c1)c1ccc(Br)cc1. The van der Waals surface area contributed by atoms with Crippen molar-refractivity contribution >= 4 is 27.5 Å². The summed E-state index contributed by atoms with van der Waals surface area (Å²) in [5.41, 5.74) is 2.28. The van der Waals surface area contributed by atoms with Crippen LogP contribution in [0.2, 0.25) is 5.02 Å². The Labute approximate surface area is 126 Å². The number of benzene rings is 2. The maximum Gasteiger partial charge on any atom is 0.134 e. The standard InChI is InChI=1S/C15H15BrClNO/c1-10(12-3-5-13(16)6-4-12)18-9-11-2-7-15(19)14(17)8-11/h2-8,10,18-19H,9H2,1H3/t10-/m1/s1. The maximum absolute atomic E-state index is 9.37. The Balaban J connectivity index is 1.98. The molecule has 0 radical (unpaired) electrons. The van der Waals surface area contributed by atoms with Crippen molar-refractivity contribution in [1.29, 1.82) is 0 Å². The molecule has 0 aromatic heterocycles. The van der Waals surface area contributed by atoms with E-state index in [0.29, 0.717) is 11.6 Å². The molecule has 0 bridgehead atoms. The minimum atomic E-state index is 0.117. The molecular weight excluding hydrogens is 326 g/mol. The first-order valence-corrected chi connectivity index (χ1v) is 7.19. The van der Waals surface area contributed by atoms with Gasteiger partial charge < -0.3 is 10.4 Å². The van der Waals surface area contributed by atoms with Gasteiger partial charge in [0.25, 0.3) is 0 Å². The third kappa shape index (κ3) is 3.96. The molecule has 19 heavy (non-hydrogen) atoms. The summed E-state index contributed by atoms with van der Waals surface area (Å²) in [6.07, 6.45) is 0. The van der Waals surface area contributed by atoms with Crippen LogP contribution >= 0.6 is 27.5 Å². The first kappa shape index (κ1) is 14.4. The Morgan fingerprint density at radius 2 is 1.89 bits per heavy atom. The number of hydrogen-bond acceptors (Lipinski definition) is 2. The Morgan fingerprint density at radius 1 is 1.21 bits per heavy atom. The van der Waals surface area contributed by atoms with Crippen LogP contribution in [0.4, 0.5) is 0 Å². The molecule has 0 saturated carbocycles. The lowest BCUT2D eigenvalue weighted by atomic mass is 10.1. The molecule has 4 heteroatoms. The number of aromatic hydroxyl groups is 1. The molecule has 0 fully saturated rings. The minimum Gasteiger partial charge on any atom is -0.506 e. The molecule has 100 valence electrons. The fourth-order valence-corrected chi connectivity index (χ4v) is 2.27. The van der Waals surface area contributed by atoms with Gasteiger partial charge in [0.15, 0.2) is 0 Å². The largest absolute Gasteiger partial charge is 0.506 e. The number of halogens is 2. The van der Waals surface area contributed by atoms with Crippen LogP contribution in [0.15, 0.2) is 46.9 Å². The molecule has 2 N–H and O–H groups in total. The molecule has 0 aliphatic heterocycles. The van der Waals surface area contributed by atoms with Gasteiger partial charge in [-0.15, -0.1) is 0 Å². The predicted molar refractivity (Wildman–Crippen MR) is 82.5 cm³/mol. The normalized spacial score (nSPS) is 12.4. The van der Waals surface area contributed by atoms with Crippen molar-refractivity contribution in [3.8, 4) is 5.75 Å². The third-order valence-electron chi connectivity index (χ3n) is 2.99. The molecule has 0 heterocycles. The van der Waals surface area contributed by atoms with Gasteiger partial charge in [-0.1, -0.05) is 45.7 Å². The summed E-state index contributed by atoms with van der Waals surface area (Å²) in [5.74, 6) is 0.117. The van der Waals surface area contributed by atoms with Gasteiger partial charge >= 0.3 is 0 Å².